The highest BCUT2D eigenvalue weighted by Gasteiger charge is 2.71. The molecule has 37 heavy (non-hydrogen) atoms. The summed E-state index contributed by atoms with van der Waals surface area (Å²) in [5.74, 6) is 0.571. The van der Waals surface area contributed by atoms with E-state index in [4.69, 9.17) is 0 Å². The number of hydrogen-bond donors (Lipinski definition) is 0. The van der Waals surface area contributed by atoms with E-state index in [1.807, 2.05) is 9.36 Å². The van der Waals surface area contributed by atoms with Crippen molar-refractivity contribution in [1.82, 2.24) is 13.9 Å². The second-order valence-electron chi connectivity index (χ2n) is 13.6. The van der Waals surface area contributed by atoms with Gasteiger partial charge in [0.25, 0.3) is 0 Å². The molecule has 1 aromatic heterocycles. The first-order valence-corrected chi connectivity index (χ1v) is 14.1. The third kappa shape index (κ3) is 1.89. The van der Waals surface area contributed by atoms with Crippen LogP contribution in [0.25, 0.3) is 10.8 Å². The smallest absolute Gasteiger partial charge is 0.246 e. The van der Waals surface area contributed by atoms with E-state index in [1.54, 1.807) is 4.57 Å². The summed E-state index contributed by atoms with van der Waals surface area (Å²) in [6, 6.07) is 12.9. The summed E-state index contributed by atoms with van der Waals surface area (Å²) >= 11 is 0. The van der Waals surface area contributed by atoms with Crippen molar-refractivity contribution in [3.8, 4) is 0 Å². The summed E-state index contributed by atoms with van der Waals surface area (Å²) in [5.41, 5.74) is 2.23. The summed E-state index contributed by atoms with van der Waals surface area (Å²) in [6.45, 7) is 7.04. The molecule has 2 aromatic carbocycles. The quantitative estimate of drug-likeness (QED) is 0.425. The second-order valence-corrected chi connectivity index (χ2v) is 13.6. The molecular formula is C32H33N3O2. The molecule has 3 heterocycles. The first kappa shape index (κ1) is 20.9. The summed E-state index contributed by atoms with van der Waals surface area (Å²) in [5, 5.41) is 2.54. The van der Waals surface area contributed by atoms with Crippen molar-refractivity contribution in [1.29, 1.82) is 0 Å². The van der Waals surface area contributed by atoms with Gasteiger partial charge in [0.1, 0.15) is 0 Å². The van der Waals surface area contributed by atoms with Crippen LogP contribution in [-0.4, -0.2) is 13.9 Å². The number of hydrogen-bond acceptors (Lipinski definition) is 2. The predicted molar refractivity (Wildman–Crippen MR) is 144 cm³/mol. The Morgan fingerprint density at radius 3 is 2.32 bits per heavy atom. The minimum Gasteiger partial charge on any atom is -0.246 e. The first-order valence-electron chi connectivity index (χ1n) is 14.1. The van der Waals surface area contributed by atoms with Crippen molar-refractivity contribution >= 4 is 10.8 Å². The summed E-state index contributed by atoms with van der Waals surface area (Å²) in [7, 11) is 0. The second kappa shape index (κ2) is 5.98. The van der Waals surface area contributed by atoms with Crippen LogP contribution in [0.2, 0.25) is 0 Å². The standard InChI is InChI=1S/C32H33N3O2/c1-29(2)21-13-14-30(29,3)25(18-21)33-27(36)34-23-10-11-24(35(34)28(33)37)32-17-16-31(23,32)15-12-20-9-8-19-6-4-5-7-22(19)26(20)32/h4-11,16-17,21,23-25H,12-15,18H2,1-3H3/t21-,23+,24+,25+,30-,31-,32+/m0/s1. The molecule has 2 aliphatic heterocycles. The molecule has 0 saturated heterocycles. The van der Waals surface area contributed by atoms with Crippen molar-refractivity contribution in [2.75, 3.05) is 0 Å². The van der Waals surface area contributed by atoms with Gasteiger partial charge in [-0.3, -0.25) is 0 Å². The zero-order valence-corrected chi connectivity index (χ0v) is 21.8. The number of fused-ring (bicyclic) bond motifs is 5. The molecule has 4 bridgehead atoms. The van der Waals surface area contributed by atoms with E-state index >= 15 is 0 Å². The molecule has 5 aliphatic carbocycles. The Bertz CT molecular complexity index is 1750. The summed E-state index contributed by atoms with van der Waals surface area (Å²) in [4.78, 5) is 28.7. The van der Waals surface area contributed by atoms with Gasteiger partial charge in [-0.1, -0.05) is 81.5 Å². The van der Waals surface area contributed by atoms with Crippen LogP contribution in [0, 0.1) is 22.2 Å². The molecule has 7 atom stereocenters. The molecule has 10 rings (SSSR count). The van der Waals surface area contributed by atoms with E-state index in [1.165, 1.54) is 28.3 Å². The van der Waals surface area contributed by atoms with Crippen LogP contribution in [-0.2, 0) is 11.8 Å². The third-order valence-corrected chi connectivity index (χ3v) is 12.7. The van der Waals surface area contributed by atoms with Gasteiger partial charge in [0, 0.05) is 11.5 Å². The molecule has 5 heteroatoms. The minimum atomic E-state index is -0.291. The Kier molecular flexibility index (Phi) is 3.38. The number of benzene rings is 2. The van der Waals surface area contributed by atoms with Crippen molar-refractivity contribution in [3.05, 3.63) is 92.8 Å². The fourth-order valence-corrected chi connectivity index (χ4v) is 10.4. The Morgan fingerprint density at radius 1 is 0.865 bits per heavy atom. The molecule has 0 radical (unpaired) electrons. The lowest BCUT2D eigenvalue weighted by Crippen LogP contribution is -2.67. The Balaban J connectivity index is 1.32. The molecule has 7 aliphatic rings. The monoisotopic (exact) mass is 491 g/mol. The molecule has 0 unspecified atom stereocenters. The molecular weight excluding hydrogens is 458 g/mol. The van der Waals surface area contributed by atoms with Crippen molar-refractivity contribution in [2.45, 2.75) is 76.4 Å². The lowest BCUT2D eigenvalue weighted by molar-refractivity contribution is -0.00618. The SMILES string of the molecule is CC1(C)[C@H]2CC[C@@]1(C)[C@H](n1c(=O)n3n(c1=O)[C@@H]1C=C[C@@H]3[C@@]34C=C[C@@]13CCc1ccc3ccccc3c14)C2. The van der Waals surface area contributed by atoms with Crippen LogP contribution in [0.3, 0.4) is 0 Å². The van der Waals surface area contributed by atoms with E-state index in [0.717, 1.165) is 25.7 Å². The van der Waals surface area contributed by atoms with Crippen LogP contribution in [0.15, 0.2) is 70.3 Å². The molecule has 0 N–H and O–H groups in total. The van der Waals surface area contributed by atoms with E-state index in [2.05, 4.69) is 81.5 Å². The van der Waals surface area contributed by atoms with Gasteiger partial charge in [0.15, 0.2) is 0 Å². The third-order valence-electron chi connectivity index (χ3n) is 12.7. The summed E-state index contributed by atoms with van der Waals surface area (Å²) < 4.78 is 5.43. The maximum Gasteiger partial charge on any atom is 0.348 e. The molecule has 0 amide bonds. The Morgan fingerprint density at radius 2 is 1.62 bits per heavy atom. The van der Waals surface area contributed by atoms with Crippen LogP contribution >= 0.6 is 0 Å². The van der Waals surface area contributed by atoms with Crippen LogP contribution < -0.4 is 11.4 Å². The number of nitrogens with zero attached hydrogens (tertiary/aromatic N) is 3. The first-order chi connectivity index (χ1) is 17.8. The number of allylic oxidation sites excluding steroid dienone is 4. The van der Waals surface area contributed by atoms with E-state index in [-0.39, 0.29) is 51.2 Å². The van der Waals surface area contributed by atoms with Gasteiger partial charge in [-0.15, -0.1) is 0 Å². The normalized spacial score (nSPS) is 40.8. The minimum absolute atomic E-state index is 0.0259. The zero-order valence-electron chi connectivity index (χ0n) is 21.8. The Labute approximate surface area is 216 Å². The largest absolute Gasteiger partial charge is 0.348 e. The molecule has 2 fully saturated rings. The molecule has 188 valence electrons. The summed E-state index contributed by atoms with van der Waals surface area (Å²) in [6.07, 6.45) is 14.5. The highest BCUT2D eigenvalue weighted by atomic mass is 16.2. The lowest BCUT2D eigenvalue weighted by Gasteiger charge is -2.67. The fraction of sp³-hybridized carbons (Fsp3) is 0.500. The van der Waals surface area contributed by atoms with Gasteiger partial charge >= 0.3 is 11.4 Å². The van der Waals surface area contributed by atoms with Gasteiger partial charge in [-0.25, -0.2) is 23.5 Å². The van der Waals surface area contributed by atoms with Crippen molar-refractivity contribution in [3.63, 3.8) is 0 Å². The number of aromatic nitrogens is 3. The predicted octanol–water partition coefficient (Wildman–Crippen LogP) is 5.46. The maximum absolute atomic E-state index is 14.4. The van der Waals surface area contributed by atoms with Crippen LogP contribution in [0.4, 0.5) is 0 Å². The van der Waals surface area contributed by atoms with Gasteiger partial charge in [0.2, 0.25) is 0 Å². The number of rotatable bonds is 1. The van der Waals surface area contributed by atoms with Gasteiger partial charge in [0.05, 0.1) is 17.5 Å². The average Bonchev–Trinajstić information content (AvgIpc) is 3.36. The maximum atomic E-state index is 14.4. The van der Waals surface area contributed by atoms with Gasteiger partial charge in [-0.2, -0.15) is 0 Å². The van der Waals surface area contributed by atoms with Gasteiger partial charge in [-0.05, 0) is 70.8 Å². The average molecular weight is 492 g/mol. The van der Waals surface area contributed by atoms with E-state index in [9.17, 15) is 9.59 Å². The number of aryl methyl sites for hydroxylation is 1. The van der Waals surface area contributed by atoms with Crippen LogP contribution in [0.1, 0.15) is 75.7 Å². The molecule has 5 nitrogen and oxygen atoms in total. The topological polar surface area (TPSA) is 48.9 Å². The highest BCUT2D eigenvalue weighted by molar-refractivity contribution is 5.89. The molecule has 2 saturated carbocycles. The molecule has 0 spiro atoms. The van der Waals surface area contributed by atoms with E-state index < -0.39 is 0 Å². The molecule has 3 aromatic rings. The van der Waals surface area contributed by atoms with Crippen LogP contribution in [0.5, 0.6) is 0 Å². The van der Waals surface area contributed by atoms with Crippen molar-refractivity contribution < 1.29 is 0 Å². The van der Waals surface area contributed by atoms with Crippen molar-refractivity contribution in [2.24, 2.45) is 22.2 Å². The van der Waals surface area contributed by atoms with Gasteiger partial charge < -0.3 is 0 Å². The van der Waals surface area contributed by atoms with E-state index in [0.29, 0.717) is 5.92 Å². The highest BCUT2D eigenvalue weighted by Crippen LogP contribution is 2.73. The Hall–Kier alpha value is -3.08. The fourth-order valence-electron chi connectivity index (χ4n) is 10.4. The lowest BCUT2D eigenvalue weighted by atomic mass is 9.40. The zero-order chi connectivity index (χ0) is 25.1.